The largest absolute Gasteiger partial charge is 0.451 e. The number of carbonyl (C=O) groups excluding carboxylic acids is 1. The van der Waals surface area contributed by atoms with Crippen LogP contribution in [0.1, 0.15) is 34.5 Å². The van der Waals surface area contributed by atoms with E-state index in [0.717, 1.165) is 18.5 Å². The SMILES string of the molecule is Cc1ccc(N[C@@H]2CCCN(C(=O)c3cc(=O)c4ccccc4o3)C2)cc1C. The summed E-state index contributed by atoms with van der Waals surface area (Å²) in [6, 6.07) is 14.8. The number of nitrogens with one attached hydrogen (secondary N) is 1. The second-order valence-corrected chi connectivity index (χ2v) is 7.50. The third-order valence-corrected chi connectivity index (χ3v) is 5.43. The Morgan fingerprint density at radius 2 is 1.93 bits per heavy atom. The molecule has 28 heavy (non-hydrogen) atoms. The molecule has 1 aliphatic rings. The lowest BCUT2D eigenvalue weighted by Gasteiger charge is -2.33. The van der Waals surface area contributed by atoms with Crippen LogP contribution in [0.25, 0.3) is 11.0 Å². The molecule has 5 nitrogen and oxygen atoms in total. The highest BCUT2D eigenvalue weighted by Crippen LogP contribution is 2.21. The van der Waals surface area contributed by atoms with E-state index in [-0.39, 0.29) is 23.1 Å². The highest BCUT2D eigenvalue weighted by molar-refractivity contribution is 5.93. The van der Waals surface area contributed by atoms with Crippen LogP contribution in [0.15, 0.2) is 57.7 Å². The number of likely N-dealkylation sites (tertiary alicyclic amines) is 1. The number of amides is 1. The van der Waals surface area contributed by atoms with Gasteiger partial charge in [-0.05, 0) is 62.1 Å². The molecule has 0 saturated carbocycles. The van der Waals surface area contributed by atoms with Crippen LogP contribution in [-0.4, -0.2) is 29.9 Å². The molecule has 1 amide bonds. The fourth-order valence-electron chi connectivity index (χ4n) is 3.71. The predicted molar refractivity (Wildman–Crippen MR) is 111 cm³/mol. The number of fused-ring (bicyclic) bond motifs is 1. The van der Waals surface area contributed by atoms with E-state index in [0.29, 0.717) is 24.1 Å². The number of anilines is 1. The summed E-state index contributed by atoms with van der Waals surface area (Å²) in [6.07, 6.45) is 1.91. The minimum atomic E-state index is -0.227. The molecule has 2 heterocycles. The third kappa shape index (κ3) is 3.65. The van der Waals surface area contributed by atoms with Gasteiger partial charge in [-0.15, -0.1) is 0 Å². The van der Waals surface area contributed by atoms with E-state index in [2.05, 4.69) is 37.4 Å². The van der Waals surface area contributed by atoms with Gasteiger partial charge in [0.15, 0.2) is 11.2 Å². The molecule has 0 radical (unpaired) electrons. The number of hydrogen-bond donors (Lipinski definition) is 1. The fraction of sp³-hybridized carbons (Fsp3) is 0.304. The minimum Gasteiger partial charge on any atom is -0.451 e. The summed E-state index contributed by atoms with van der Waals surface area (Å²) in [5.41, 5.74) is 3.83. The Morgan fingerprint density at radius 3 is 2.75 bits per heavy atom. The fourth-order valence-corrected chi connectivity index (χ4v) is 3.71. The van der Waals surface area contributed by atoms with Crippen LogP contribution in [0.2, 0.25) is 0 Å². The van der Waals surface area contributed by atoms with Crippen molar-refractivity contribution in [3.63, 3.8) is 0 Å². The molecule has 4 rings (SSSR count). The molecule has 5 heteroatoms. The first-order chi connectivity index (χ1) is 13.5. The van der Waals surface area contributed by atoms with Gasteiger partial charge in [0.25, 0.3) is 5.91 Å². The summed E-state index contributed by atoms with van der Waals surface area (Å²) in [6.45, 7) is 5.44. The summed E-state index contributed by atoms with van der Waals surface area (Å²) in [4.78, 5) is 27.0. The van der Waals surface area contributed by atoms with E-state index < -0.39 is 0 Å². The summed E-state index contributed by atoms with van der Waals surface area (Å²) in [5.74, 6) is -0.120. The zero-order chi connectivity index (χ0) is 19.7. The first-order valence-corrected chi connectivity index (χ1v) is 9.67. The Balaban J connectivity index is 1.52. The highest BCUT2D eigenvalue weighted by Gasteiger charge is 2.26. The number of piperidine rings is 1. The lowest BCUT2D eigenvalue weighted by molar-refractivity contribution is 0.0683. The lowest BCUT2D eigenvalue weighted by atomic mass is 10.0. The molecule has 0 aliphatic carbocycles. The van der Waals surface area contributed by atoms with Crippen LogP contribution < -0.4 is 10.7 Å². The molecule has 1 fully saturated rings. The summed E-state index contributed by atoms with van der Waals surface area (Å²) in [5, 5.41) is 4.03. The average molecular weight is 376 g/mol. The van der Waals surface area contributed by atoms with E-state index >= 15 is 0 Å². The van der Waals surface area contributed by atoms with Gasteiger partial charge < -0.3 is 14.6 Å². The van der Waals surface area contributed by atoms with Crippen LogP contribution in [0, 0.1) is 13.8 Å². The maximum Gasteiger partial charge on any atom is 0.289 e. The van der Waals surface area contributed by atoms with Crippen LogP contribution in [0.4, 0.5) is 5.69 Å². The third-order valence-electron chi connectivity index (χ3n) is 5.43. The first kappa shape index (κ1) is 18.3. The molecule has 2 aromatic carbocycles. The van der Waals surface area contributed by atoms with E-state index in [1.807, 2.05) is 0 Å². The van der Waals surface area contributed by atoms with Crippen LogP contribution in [0.5, 0.6) is 0 Å². The van der Waals surface area contributed by atoms with Crippen LogP contribution >= 0.6 is 0 Å². The predicted octanol–water partition coefficient (Wildman–Crippen LogP) is 4.13. The highest BCUT2D eigenvalue weighted by atomic mass is 16.3. The minimum absolute atomic E-state index is 0.107. The number of benzene rings is 2. The van der Waals surface area contributed by atoms with Crippen molar-refractivity contribution in [3.8, 4) is 0 Å². The van der Waals surface area contributed by atoms with Crippen molar-refractivity contribution in [2.45, 2.75) is 32.7 Å². The zero-order valence-electron chi connectivity index (χ0n) is 16.2. The van der Waals surface area contributed by atoms with Gasteiger partial charge in [-0.25, -0.2) is 0 Å². The van der Waals surface area contributed by atoms with Crippen molar-refractivity contribution in [1.29, 1.82) is 0 Å². The second kappa shape index (κ2) is 7.50. The van der Waals surface area contributed by atoms with E-state index in [1.165, 1.54) is 17.2 Å². The molecule has 3 aromatic rings. The molecule has 1 aliphatic heterocycles. The summed E-state index contributed by atoms with van der Waals surface area (Å²) in [7, 11) is 0. The van der Waals surface area contributed by atoms with Gasteiger partial charge in [0, 0.05) is 30.9 Å². The standard InChI is InChI=1S/C23H24N2O3/c1-15-9-10-17(12-16(15)2)24-18-6-5-11-25(14-18)23(27)22-13-20(26)19-7-3-4-8-21(19)28-22/h3-4,7-10,12-13,18,24H,5-6,11,14H2,1-2H3/t18-/m1/s1. The number of hydrogen-bond acceptors (Lipinski definition) is 4. The van der Waals surface area contributed by atoms with Gasteiger partial charge >= 0.3 is 0 Å². The Hall–Kier alpha value is -3.08. The van der Waals surface area contributed by atoms with Crippen molar-refractivity contribution in [2.75, 3.05) is 18.4 Å². The molecule has 0 spiro atoms. The smallest absolute Gasteiger partial charge is 0.289 e. The van der Waals surface area contributed by atoms with E-state index in [4.69, 9.17) is 4.42 Å². The van der Waals surface area contributed by atoms with Gasteiger partial charge in [-0.2, -0.15) is 0 Å². The van der Waals surface area contributed by atoms with Gasteiger partial charge in [-0.1, -0.05) is 18.2 Å². The molecule has 0 bridgehead atoms. The topological polar surface area (TPSA) is 62.6 Å². The van der Waals surface area contributed by atoms with Crippen molar-refractivity contribution in [3.05, 3.63) is 75.6 Å². The monoisotopic (exact) mass is 376 g/mol. The van der Waals surface area contributed by atoms with Crippen LogP contribution in [-0.2, 0) is 0 Å². The lowest BCUT2D eigenvalue weighted by Crippen LogP contribution is -2.45. The second-order valence-electron chi connectivity index (χ2n) is 7.50. The molecule has 1 N–H and O–H groups in total. The molecule has 144 valence electrons. The molecule has 0 unspecified atom stereocenters. The van der Waals surface area contributed by atoms with E-state index in [9.17, 15) is 9.59 Å². The summed E-state index contributed by atoms with van der Waals surface area (Å²) < 4.78 is 5.73. The molecule has 1 aromatic heterocycles. The first-order valence-electron chi connectivity index (χ1n) is 9.67. The molecular weight excluding hydrogens is 352 g/mol. The molecule has 1 atom stereocenters. The van der Waals surface area contributed by atoms with E-state index in [1.54, 1.807) is 29.2 Å². The normalized spacial score (nSPS) is 16.9. The Morgan fingerprint density at radius 1 is 1.11 bits per heavy atom. The zero-order valence-corrected chi connectivity index (χ0v) is 16.2. The van der Waals surface area contributed by atoms with Crippen molar-refractivity contribution < 1.29 is 9.21 Å². The number of rotatable bonds is 3. The maximum atomic E-state index is 13.0. The van der Waals surface area contributed by atoms with Crippen LogP contribution in [0.3, 0.4) is 0 Å². The van der Waals surface area contributed by atoms with Crippen molar-refractivity contribution in [1.82, 2.24) is 4.90 Å². The van der Waals surface area contributed by atoms with Gasteiger partial charge in [0.2, 0.25) is 0 Å². The number of nitrogens with zero attached hydrogens (tertiary/aromatic N) is 1. The Bertz CT molecular complexity index is 1090. The Labute approximate surface area is 164 Å². The van der Waals surface area contributed by atoms with Crippen molar-refractivity contribution >= 4 is 22.6 Å². The molecular formula is C23H24N2O3. The van der Waals surface area contributed by atoms with Crippen molar-refractivity contribution in [2.24, 2.45) is 0 Å². The molecule has 1 saturated heterocycles. The Kier molecular flexibility index (Phi) is 4.90. The number of para-hydroxylation sites is 1. The summed E-state index contributed by atoms with van der Waals surface area (Å²) >= 11 is 0. The number of aryl methyl sites for hydroxylation is 2. The van der Waals surface area contributed by atoms with Gasteiger partial charge in [-0.3, -0.25) is 9.59 Å². The quantitative estimate of drug-likeness (QED) is 0.747. The maximum absolute atomic E-state index is 13.0. The van der Waals surface area contributed by atoms with Gasteiger partial charge in [0.05, 0.1) is 5.39 Å². The van der Waals surface area contributed by atoms with Gasteiger partial charge in [0.1, 0.15) is 5.58 Å². The average Bonchev–Trinajstić information content (AvgIpc) is 2.70. The number of carbonyl (C=O) groups is 1.